The number of carbonyl (C=O) groups is 1. The number of ether oxygens (including phenoxy) is 3. The van der Waals surface area contributed by atoms with Crippen molar-refractivity contribution in [3.8, 4) is 0 Å². The van der Waals surface area contributed by atoms with Gasteiger partial charge in [0.25, 0.3) is 0 Å². The largest absolute Gasteiger partial charge is 0.460 e. The number of esters is 1. The predicted octanol–water partition coefficient (Wildman–Crippen LogP) is 2.05. The van der Waals surface area contributed by atoms with Crippen LogP contribution in [0.2, 0.25) is 0 Å². The first-order chi connectivity index (χ1) is 8.74. The molecule has 5 nitrogen and oxygen atoms in total. The number of halogens is 1. The van der Waals surface area contributed by atoms with Crippen LogP contribution in [0, 0.1) is 0 Å². The number of nitrogens with zero attached hydrogens (tertiary/aromatic N) is 1. The molecule has 0 fully saturated rings. The Balaban J connectivity index is 2.12. The highest BCUT2D eigenvalue weighted by atomic mass is 79.9. The van der Waals surface area contributed by atoms with Crippen molar-refractivity contribution in [3.63, 3.8) is 0 Å². The maximum Gasteiger partial charge on any atom is 0.339 e. The van der Waals surface area contributed by atoms with Crippen LogP contribution in [0.4, 0.5) is 0 Å². The van der Waals surface area contributed by atoms with E-state index in [1.165, 1.54) is 6.20 Å². The first kappa shape index (κ1) is 15.1. The van der Waals surface area contributed by atoms with Crippen molar-refractivity contribution < 1.29 is 19.0 Å². The summed E-state index contributed by atoms with van der Waals surface area (Å²) in [5, 5.41) is 0. The Bertz CT molecular complexity index is 356. The molecule has 6 heteroatoms. The lowest BCUT2D eigenvalue weighted by Crippen LogP contribution is -2.12. The molecule has 0 saturated heterocycles. The molecule has 18 heavy (non-hydrogen) atoms. The summed E-state index contributed by atoms with van der Waals surface area (Å²) in [4.78, 5) is 15.5. The Morgan fingerprint density at radius 3 is 2.78 bits per heavy atom. The molecule has 0 aliphatic rings. The average Bonchev–Trinajstić information content (AvgIpc) is 2.38. The highest BCUT2D eigenvalue weighted by molar-refractivity contribution is 9.10. The fourth-order valence-corrected chi connectivity index (χ4v) is 1.42. The summed E-state index contributed by atoms with van der Waals surface area (Å²) in [6, 6.07) is 3.34. The SMILES string of the molecule is COCCCOCCOC(=O)c1ccc(Br)nc1. The number of rotatable bonds is 8. The molecule has 1 aromatic rings. The molecule has 1 heterocycles. The van der Waals surface area contributed by atoms with E-state index in [-0.39, 0.29) is 6.61 Å². The van der Waals surface area contributed by atoms with Crippen molar-refractivity contribution >= 4 is 21.9 Å². The first-order valence-electron chi connectivity index (χ1n) is 5.59. The van der Waals surface area contributed by atoms with Gasteiger partial charge < -0.3 is 14.2 Å². The van der Waals surface area contributed by atoms with Gasteiger partial charge in [-0.25, -0.2) is 9.78 Å². The van der Waals surface area contributed by atoms with Gasteiger partial charge in [0.1, 0.15) is 11.2 Å². The Morgan fingerprint density at radius 2 is 2.11 bits per heavy atom. The Morgan fingerprint density at radius 1 is 1.28 bits per heavy atom. The summed E-state index contributed by atoms with van der Waals surface area (Å²) >= 11 is 3.19. The molecule has 0 bridgehead atoms. The number of hydrogen-bond acceptors (Lipinski definition) is 5. The van der Waals surface area contributed by atoms with E-state index in [2.05, 4.69) is 20.9 Å². The normalized spacial score (nSPS) is 10.3. The number of hydrogen-bond donors (Lipinski definition) is 0. The minimum atomic E-state index is -0.393. The van der Waals surface area contributed by atoms with Crippen LogP contribution in [-0.4, -0.2) is 44.5 Å². The second kappa shape index (κ2) is 9.02. The van der Waals surface area contributed by atoms with E-state index in [0.717, 1.165) is 6.42 Å². The van der Waals surface area contributed by atoms with Crippen molar-refractivity contribution in [2.24, 2.45) is 0 Å². The van der Waals surface area contributed by atoms with Gasteiger partial charge in [0.2, 0.25) is 0 Å². The van der Waals surface area contributed by atoms with Gasteiger partial charge >= 0.3 is 5.97 Å². The second-order valence-corrected chi connectivity index (χ2v) is 4.28. The molecule has 0 aromatic carbocycles. The lowest BCUT2D eigenvalue weighted by atomic mass is 10.3. The average molecular weight is 318 g/mol. The molecule has 0 amide bonds. The second-order valence-electron chi connectivity index (χ2n) is 3.46. The van der Waals surface area contributed by atoms with Crippen LogP contribution in [-0.2, 0) is 14.2 Å². The summed E-state index contributed by atoms with van der Waals surface area (Å²) in [5.74, 6) is -0.393. The summed E-state index contributed by atoms with van der Waals surface area (Å²) in [6.07, 6.45) is 2.30. The maximum atomic E-state index is 11.5. The third-order valence-electron chi connectivity index (χ3n) is 2.06. The highest BCUT2D eigenvalue weighted by Crippen LogP contribution is 2.07. The van der Waals surface area contributed by atoms with Crippen molar-refractivity contribution in [3.05, 3.63) is 28.5 Å². The zero-order valence-corrected chi connectivity index (χ0v) is 11.8. The highest BCUT2D eigenvalue weighted by Gasteiger charge is 2.06. The quantitative estimate of drug-likeness (QED) is 0.417. The topological polar surface area (TPSA) is 57.7 Å². The third kappa shape index (κ3) is 6.09. The molecular weight excluding hydrogens is 302 g/mol. The van der Waals surface area contributed by atoms with E-state index >= 15 is 0 Å². The lowest BCUT2D eigenvalue weighted by Gasteiger charge is -2.05. The number of pyridine rings is 1. The standard InChI is InChI=1S/C12H16BrNO4/c1-16-5-2-6-17-7-8-18-12(15)10-3-4-11(13)14-9-10/h3-4,9H,2,5-8H2,1H3. The molecule has 0 aliphatic carbocycles. The molecule has 1 aromatic heterocycles. The van der Waals surface area contributed by atoms with Crippen molar-refractivity contribution in [2.45, 2.75) is 6.42 Å². The van der Waals surface area contributed by atoms with Gasteiger partial charge in [0.05, 0.1) is 12.2 Å². The summed E-state index contributed by atoms with van der Waals surface area (Å²) in [5.41, 5.74) is 0.428. The summed E-state index contributed by atoms with van der Waals surface area (Å²) in [7, 11) is 1.65. The van der Waals surface area contributed by atoms with Gasteiger partial charge in [-0.15, -0.1) is 0 Å². The van der Waals surface area contributed by atoms with Crippen molar-refractivity contribution in [2.75, 3.05) is 33.5 Å². The minimum Gasteiger partial charge on any atom is -0.460 e. The van der Waals surface area contributed by atoms with E-state index in [0.29, 0.717) is 30.0 Å². The van der Waals surface area contributed by atoms with E-state index in [9.17, 15) is 4.79 Å². The Kier molecular flexibility index (Phi) is 7.55. The zero-order chi connectivity index (χ0) is 13.2. The number of aromatic nitrogens is 1. The van der Waals surface area contributed by atoms with Crippen LogP contribution in [0.15, 0.2) is 22.9 Å². The van der Waals surface area contributed by atoms with Gasteiger partial charge in [-0.05, 0) is 34.5 Å². The molecule has 1 rings (SSSR count). The number of carbonyl (C=O) groups excluding carboxylic acids is 1. The third-order valence-corrected chi connectivity index (χ3v) is 2.53. The summed E-state index contributed by atoms with van der Waals surface area (Å²) < 4.78 is 15.8. The molecule has 0 N–H and O–H groups in total. The van der Waals surface area contributed by atoms with Gasteiger partial charge in [-0.2, -0.15) is 0 Å². The van der Waals surface area contributed by atoms with Crippen LogP contribution < -0.4 is 0 Å². The molecule has 0 saturated carbocycles. The van der Waals surface area contributed by atoms with Crippen LogP contribution >= 0.6 is 15.9 Å². The molecule has 100 valence electrons. The fourth-order valence-electron chi connectivity index (χ4n) is 1.18. The molecular formula is C12H16BrNO4. The van der Waals surface area contributed by atoms with Gasteiger partial charge in [-0.3, -0.25) is 0 Å². The predicted molar refractivity (Wildman–Crippen MR) is 69.5 cm³/mol. The van der Waals surface area contributed by atoms with Gasteiger partial charge in [0, 0.05) is 26.5 Å². The Hall–Kier alpha value is -0.980. The smallest absolute Gasteiger partial charge is 0.339 e. The van der Waals surface area contributed by atoms with E-state index in [1.807, 2.05) is 0 Å². The van der Waals surface area contributed by atoms with Crippen LogP contribution in [0.5, 0.6) is 0 Å². The Labute approximate surface area is 115 Å². The van der Waals surface area contributed by atoms with Crippen LogP contribution in [0.25, 0.3) is 0 Å². The minimum absolute atomic E-state index is 0.238. The van der Waals surface area contributed by atoms with Crippen LogP contribution in [0.1, 0.15) is 16.8 Å². The fraction of sp³-hybridized carbons (Fsp3) is 0.500. The van der Waals surface area contributed by atoms with Crippen molar-refractivity contribution in [1.82, 2.24) is 4.98 Å². The summed E-state index contributed by atoms with van der Waals surface area (Å²) in [6.45, 7) is 1.90. The van der Waals surface area contributed by atoms with E-state index in [1.54, 1.807) is 19.2 Å². The molecule has 0 aliphatic heterocycles. The zero-order valence-electron chi connectivity index (χ0n) is 10.2. The monoisotopic (exact) mass is 317 g/mol. The van der Waals surface area contributed by atoms with Crippen LogP contribution in [0.3, 0.4) is 0 Å². The molecule has 0 atom stereocenters. The molecule has 0 unspecified atom stereocenters. The maximum absolute atomic E-state index is 11.5. The van der Waals surface area contributed by atoms with Crippen molar-refractivity contribution in [1.29, 1.82) is 0 Å². The van der Waals surface area contributed by atoms with Gasteiger partial charge in [0.15, 0.2) is 0 Å². The van der Waals surface area contributed by atoms with E-state index < -0.39 is 5.97 Å². The molecule has 0 radical (unpaired) electrons. The van der Waals surface area contributed by atoms with E-state index in [4.69, 9.17) is 14.2 Å². The first-order valence-corrected chi connectivity index (χ1v) is 6.38. The molecule has 0 spiro atoms. The number of methoxy groups -OCH3 is 1. The van der Waals surface area contributed by atoms with Gasteiger partial charge in [-0.1, -0.05) is 0 Å². The lowest BCUT2D eigenvalue weighted by molar-refractivity contribution is 0.0287.